The fourth-order valence-electron chi connectivity index (χ4n) is 2.31. The molecule has 204 valence electrons. The fraction of sp³-hybridized carbons (Fsp3) is 0.647. The molecule has 18 heteroatoms. The van der Waals surface area contributed by atoms with Gasteiger partial charge in [-0.2, -0.15) is 70.2 Å². The summed E-state index contributed by atoms with van der Waals surface area (Å²) in [6, 6.07) is 6.09. The second-order valence-corrected chi connectivity index (χ2v) is 6.99. The molecule has 0 aliphatic carbocycles. The van der Waals surface area contributed by atoms with Gasteiger partial charge in [0, 0.05) is 0 Å². The normalized spacial score (nSPS) is 15.5. The van der Waals surface area contributed by atoms with Crippen LogP contribution >= 0.6 is 0 Å². The highest BCUT2D eigenvalue weighted by Gasteiger charge is 2.94. The molecule has 0 atom stereocenters. The molecule has 1 N–H and O–H groups in total. The molecule has 0 amide bonds. The van der Waals surface area contributed by atoms with Crippen molar-refractivity contribution in [2.45, 2.75) is 54.0 Å². The number of hydrogen-bond acceptors (Lipinski definition) is 2. The van der Waals surface area contributed by atoms with Crippen LogP contribution in [0.1, 0.15) is 5.56 Å². The first kappa shape index (κ1) is 31.1. The van der Waals surface area contributed by atoms with E-state index >= 15 is 0 Å². The zero-order valence-corrected chi connectivity index (χ0v) is 16.4. The molecule has 0 radical (unpaired) electrons. The molecular weight excluding hydrogens is 540 g/mol. The first-order valence-corrected chi connectivity index (χ1v) is 8.64. The van der Waals surface area contributed by atoms with Crippen molar-refractivity contribution in [3.63, 3.8) is 0 Å². The molecule has 0 unspecified atom stereocenters. The molecule has 0 saturated heterocycles. The van der Waals surface area contributed by atoms with Crippen LogP contribution < -0.4 is 0 Å². The fourth-order valence-corrected chi connectivity index (χ4v) is 2.31. The predicted molar refractivity (Wildman–Crippen MR) is 82.8 cm³/mol. The molecule has 1 aromatic rings. The summed E-state index contributed by atoms with van der Waals surface area (Å²) in [4.78, 5) is 0. The predicted octanol–water partition coefficient (Wildman–Crippen LogP) is 6.28. The zero-order valence-electron chi connectivity index (χ0n) is 16.4. The van der Waals surface area contributed by atoms with Gasteiger partial charge in [-0.15, -0.1) is 0 Å². The van der Waals surface area contributed by atoms with E-state index in [-0.39, 0.29) is 5.56 Å². The SMILES string of the molecule is OCC(F)(F)C(F)(F)C(F)(F)C(F)(F)C(F)(F)C(F)(F)C(F)(F)C(F)(F)COCc1ccccc1. The van der Waals surface area contributed by atoms with E-state index in [2.05, 4.69) is 4.74 Å². The Kier molecular flexibility index (Phi) is 8.12. The third kappa shape index (κ3) is 4.62. The first-order chi connectivity index (χ1) is 15.4. The van der Waals surface area contributed by atoms with Gasteiger partial charge in [-0.1, -0.05) is 30.3 Å². The maximum Gasteiger partial charge on any atom is 0.385 e. The van der Waals surface area contributed by atoms with Crippen LogP contribution in [0.4, 0.5) is 70.2 Å². The summed E-state index contributed by atoms with van der Waals surface area (Å²) in [7, 11) is 0. The van der Waals surface area contributed by atoms with Gasteiger partial charge in [0.05, 0.1) is 6.61 Å². The smallest absolute Gasteiger partial charge is 0.385 e. The van der Waals surface area contributed by atoms with E-state index in [1.54, 1.807) is 0 Å². The number of alkyl halides is 16. The lowest BCUT2D eigenvalue weighted by Crippen LogP contribution is -2.75. The van der Waals surface area contributed by atoms with Crippen LogP contribution in [0.3, 0.4) is 0 Å². The Morgan fingerprint density at radius 2 is 0.857 bits per heavy atom. The molecule has 0 bridgehead atoms. The van der Waals surface area contributed by atoms with E-state index in [0.29, 0.717) is 0 Å². The van der Waals surface area contributed by atoms with Crippen molar-refractivity contribution in [1.82, 2.24) is 0 Å². The summed E-state index contributed by atoms with van der Waals surface area (Å²) in [6.07, 6.45) is 0. The molecule has 1 aromatic carbocycles. The highest BCUT2D eigenvalue weighted by Crippen LogP contribution is 2.63. The number of aliphatic hydroxyl groups excluding tert-OH is 1. The van der Waals surface area contributed by atoms with Crippen LogP contribution in [0, 0.1) is 0 Å². The number of aliphatic hydroxyl groups is 1. The van der Waals surface area contributed by atoms with Gasteiger partial charge in [-0.3, -0.25) is 0 Å². The highest BCUT2D eigenvalue weighted by molar-refractivity contribution is 5.16. The van der Waals surface area contributed by atoms with Crippen LogP contribution in [0.25, 0.3) is 0 Å². The van der Waals surface area contributed by atoms with Gasteiger partial charge in [0.1, 0.15) is 13.2 Å². The Morgan fingerprint density at radius 1 is 0.514 bits per heavy atom. The van der Waals surface area contributed by atoms with E-state index in [0.717, 1.165) is 12.1 Å². The monoisotopic (exact) mass is 552 g/mol. The van der Waals surface area contributed by atoms with Gasteiger partial charge < -0.3 is 9.84 Å². The summed E-state index contributed by atoms with van der Waals surface area (Å²) in [5.41, 5.74) is -0.0677. The molecule has 0 spiro atoms. The maximum atomic E-state index is 13.7. The Bertz CT molecular complexity index is 853. The van der Waals surface area contributed by atoms with Crippen LogP contribution in [0.5, 0.6) is 0 Å². The number of ether oxygens (including phenoxy) is 1. The molecule has 2 nitrogen and oxygen atoms in total. The van der Waals surface area contributed by atoms with Crippen molar-refractivity contribution in [1.29, 1.82) is 0 Å². The van der Waals surface area contributed by atoms with E-state index in [9.17, 15) is 70.2 Å². The lowest BCUT2D eigenvalue weighted by atomic mass is 9.88. The Hall–Kier alpha value is -1.98. The maximum absolute atomic E-state index is 13.7. The van der Waals surface area contributed by atoms with Crippen LogP contribution in [0.15, 0.2) is 30.3 Å². The molecule has 0 aromatic heterocycles. The number of benzene rings is 1. The van der Waals surface area contributed by atoms with Crippen LogP contribution in [-0.2, 0) is 11.3 Å². The second kappa shape index (κ2) is 9.15. The van der Waals surface area contributed by atoms with Crippen molar-refractivity contribution in [2.24, 2.45) is 0 Å². The summed E-state index contributed by atoms with van der Waals surface area (Å²) in [6.45, 7) is -7.35. The average molecular weight is 552 g/mol. The minimum Gasteiger partial charge on any atom is -0.390 e. The quantitative estimate of drug-likeness (QED) is 0.310. The lowest BCUT2D eigenvalue weighted by molar-refractivity contribution is -0.455. The average Bonchev–Trinajstić information content (AvgIpc) is 2.73. The Morgan fingerprint density at radius 3 is 1.23 bits per heavy atom. The number of rotatable bonds is 12. The van der Waals surface area contributed by atoms with E-state index in [1.165, 1.54) is 18.2 Å². The van der Waals surface area contributed by atoms with Crippen molar-refractivity contribution < 1.29 is 80.1 Å². The second-order valence-electron chi connectivity index (χ2n) is 6.99. The lowest BCUT2D eigenvalue weighted by Gasteiger charge is -2.43. The van der Waals surface area contributed by atoms with Crippen molar-refractivity contribution in [3.05, 3.63) is 35.9 Å². The largest absolute Gasteiger partial charge is 0.390 e. The summed E-state index contributed by atoms with van der Waals surface area (Å²) in [5.74, 6) is -62.2. The third-order valence-corrected chi connectivity index (χ3v) is 4.48. The molecule has 0 fully saturated rings. The topological polar surface area (TPSA) is 29.5 Å². The first-order valence-electron chi connectivity index (χ1n) is 8.64. The highest BCUT2D eigenvalue weighted by atomic mass is 19.4. The Balaban J connectivity index is 3.38. The minimum absolute atomic E-state index is 0.0677. The van der Waals surface area contributed by atoms with Gasteiger partial charge in [0.15, 0.2) is 0 Å². The van der Waals surface area contributed by atoms with Gasteiger partial charge >= 0.3 is 47.4 Å². The van der Waals surface area contributed by atoms with Crippen LogP contribution in [-0.4, -0.2) is 65.7 Å². The Labute approximate surface area is 184 Å². The standard InChI is InChI=1S/C17H12F16O2/c18-10(19,7-34)12(22,23)14(26,27)16(30,31)17(32,33)15(28,29)13(24,25)11(20,21)8-35-6-9-4-2-1-3-5-9/h1-5,34H,6-8H2. The van der Waals surface area contributed by atoms with Crippen molar-refractivity contribution >= 4 is 0 Å². The molecule has 0 saturated carbocycles. The van der Waals surface area contributed by atoms with Gasteiger partial charge in [-0.25, -0.2) is 0 Å². The third-order valence-electron chi connectivity index (χ3n) is 4.48. The molecule has 0 aliphatic rings. The molecule has 0 aliphatic heterocycles. The summed E-state index contributed by atoms with van der Waals surface area (Å²) in [5, 5.41) is 7.95. The minimum atomic E-state index is -8.50. The van der Waals surface area contributed by atoms with Crippen LogP contribution in [0.2, 0.25) is 0 Å². The molecule has 35 heavy (non-hydrogen) atoms. The van der Waals surface area contributed by atoms with Crippen molar-refractivity contribution in [2.75, 3.05) is 13.2 Å². The van der Waals surface area contributed by atoms with E-state index in [4.69, 9.17) is 5.11 Å². The van der Waals surface area contributed by atoms with Gasteiger partial charge in [-0.05, 0) is 5.56 Å². The van der Waals surface area contributed by atoms with Gasteiger partial charge in [0.25, 0.3) is 0 Å². The summed E-state index contributed by atoms with van der Waals surface area (Å²) < 4.78 is 219. The molecular formula is C17H12F16O2. The van der Waals surface area contributed by atoms with E-state index < -0.39 is 67.2 Å². The van der Waals surface area contributed by atoms with Gasteiger partial charge in [0.2, 0.25) is 0 Å². The number of halogens is 16. The molecule has 0 heterocycles. The molecule has 1 rings (SSSR count). The number of hydrogen-bond donors (Lipinski definition) is 1. The summed E-state index contributed by atoms with van der Waals surface area (Å²) >= 11 is 0. The van der Waals surface area contributed by atoms with E-state index in [1.807, 2.05) is 0 Å². The van der Waals surface area contributed by atoms with Crippen molar-refractivity contribution in [3.8, 4) is 0 Å². The zero-order chi connectivity index (χ0) is 27.9.